The highest BCUT2D eigenvalue weighted by Gasteiger charge is 2.33. The summed E-state index contributed by atoms with van der Waals surface area (Å²) in [4.78, 5) is 12.5. The van der Waals surface area contributed by atoms with Gasteiger partial charge in [-0.1, -0.05) is 30.7 Å². The van der Waals surface area contributed by atoms with Crippen LogP contribution >= 0.6 is 24.0 Å². The third kappa shape index (κ3) is 6.33. The van der Waals surface area contributed by atoms with E-state index >= 15 is 0 Å². The molecule has 0 aromatic heterocycles. The molecule has 1 amide bonds. The lowest BCUT2D eigenvalue weighted by Crippen LogP contribution is -2.49. The average molecular weight is 391 g/mol. The van der Waals surface area contributed by atoms with Gasteiger partial charge < -0.3 is 20.1 Å². The Balaban J connectivity index is 0.00000312. The van der Waals surface area contributed by atoms with Gasteiger partial charge in [-0.2, -0.15) is 0 Å². The predicted octanol–water partition coefficient (Wildman–Crippen LogP) is 3.05. The number of ether oxygens (including phenoxy) is 2. The molecule has 1 aromatic rings. The van der Waals surface area contributed by atoms with Gasteiger partial charge >= 0.3 is 0 Å². The lowest BCUT2D eigenvalue weighted by atomic mass is 9.79. The zero-order chi connectivity index (χ0) is 17.4. The van der Waals surface area contributed by atoms with Crippen LogP contribution in [0, 0.1) is 5.41 Å². The third-order valence-corrected chi connectivity index (χ3v) is 4.83. The summed E-state index contributed by atoms with van der Waals surface area (Å²) in [5.74, 6) is 0.432. The van der Waals surface area contributed by atoms with E-state index in [0.29, 0.717) is 30.3 Å². The van der Waals surface area contributed by atoms with Crippen molar-refractivity contribution in [2.45, 2.75) is 32.3 Å². The van der Waals surface area contributed by atoms with Crippen molar-refractivity contribution in [3.8, 4) is 5.75 Å². The minimum absolute atomic E-state index is 0. The molecule has 1 aromatic carbocycles. The molecule has 1 aliphatic rings. The number of hydrogen-bond acceptors (Lipinski definition) is 4. The highest BCUT2D eigenvalue weighted by Crippen LogP contribution is 2.28. The van der Waals surface area contributed by atoms with Crippen molar-refractivity contribution in [3.05, 3.63) is 29.3 Å². The number of nitrogens with one attached hydrogen (secondary N) is 2. The summed E-state index contributed by atoms with van der Waals surface area (Å²) >= 11 is 6.11. The first-order valence-corrected chi connectivity index (χ1v) is 8.86. The molecule has 0 saturated carbocycles. The molecule has 0 aliphatic carbocycles. The molecule has 0 spiro atoms. The molecular formula is C18H28Cl2N2O3. The van der Waals surface area contributed by atoms with Crippen LogP contribution in [0.1, 0.15) is 26.2 Å². The van der Waals surface area contributed by atoms with E-state index in [1.54, 1.807) is 19.2 Å². The van der Waals surface area contributed by atoms with Crippen LogP contribution in [0.15, 0.2) is 24.3 Å². The summed E-state index contributed by atoms with van der Waals surface area (Å²) in [6.07, 6.45) is 2.01. The SMILES string of the molecule is CCC(Oc1ccccc1Cl)C(=O)NCC1(COC)CCNCC1.Cl. The summed E-state index contributed by atoms with van der Waals surface area (Å²) in [5, 5.41) is 6.92. The molecular weight excluding hydrogens is 363 g/mol. The number of carbonyl (C=O) groups excluding carboxylic acids is 1. The summed E-state index contributed by atoms with van der Waals surface area (Å²) < 4.78 is 11.2. The number of methoxy groups -OCH3 is 1. The minimum atomic E-state index is -0.550. The Morgan fingerprint density at radius 3 is 2.64 bits per heavy atom. The number of halogens is 2. The number of carbonyl (C=O) groups is 1. The van der Waals surface area contributed by atoms with Gasteiger partial charge in [-0.15, -0.1) is 12.4 Å². The van der Waals surface area contributed by atoms with E-state index < -0.39 is 6.10 Å². The third-order valence-electron chi connectivity index (χ3n) is 4.52. The fourth-order valence-corrected chi connectivity index (χ4v) is 3.22. The molecule has 0 bridgehead atoms. The van der Waals surface area contributed by atoms with Gasteiger partial charge in [0.25, 0.3) is 5.91 Å². The lowest BCUT2D eigenvalue weighted by molar-refractivity contribution is -0.129. The maximum Gasteiger partial charge on any atom is 0.261 e. The topological polar surface area (TPSA) is 59.6 Å². The summed E-state index contributed by atoms with van der Waals surface area (Å²) in [6.45, 7) is 5.08. The van der Waals surface area contributed by atoms with Crippen molar-refractivity contribution in [1.29, 1.82) is 0 Å². The molecule has 0 radical (unpaired) electrons. The van der Waals surface area contributed by atoms with Crippen LogP contribution in [0.4, 0.5) is 0 Å². The summed E-state index contributed by atoms with van der Waals surface area (Å²) in [5.41, 5.74) is -0.00164. The molecule has 142 valence electrons. The van der Waals surface area contributed by atoms with Crippen molar-refractivity contribution in [3.63, 3.8) is 0 Å². The van der Waals surface area contributed by atoms with E-state index in [0.717, 1.165) is 25.9 Å². The second-order valence-corrected chi connectivity index (χ2v) is 6.75. The van der Waals surface area contributed by atoms with Gasteiger partial charge in [-0.3, -0.25) is 4.79 Å². The molecule has 1 aliphatic heterocycles. The van der Waals surface area contributed by atoms with Gasteiger partial charge in [0.1, 0.15) is 5.75 Å². The number of para-hydroxylation sites is 1. The maximum atomic E-state index is 12.5. The van der Waals surface area contributed by atoms with E-state index in [1.807, 2.05) is 19.1 Å². The second kappa shape index (κ2) is 10.9. The first-order valence-electron chi connectivity index (χ1n) is 8.49. The standard InChI is InChI=1S/C18H27ClN2O3.ClH/c1-3-15(24-16-7-5-4-6-14(16)19)17(22)21-12-18(13-23-2)8-10-20-11-9-18;/h4-7,15,20H,3,8-13H2,1-2H3,(H,21,22);1H. The van der Waals surface area contributed by atoms with Crippen molar-refractivity contribution in [2.75, 3.05) is 33.4 Å². The fraction of sp³-hybridized carbons (Fsp3) is 0.611. The van der Waals surface area contributed by atoms with Gasteiger partial charge in [-0.25, -0.2) is 0 Å². The zero-order valence-electron chi connectivity index (χ0n) is 14.8. The largest absolute Gasteiger partial charge is 0.479 e. The van der Waals surface area contributed by atoms with Gasteiger partial charge in [0.15, 0.2) is 6.10 Å². The molecule has 1 saturated heterocycles. The van der Waals surface area contributed by atoms with Gasteiger partial charge in [-0.05, 0) is 44.5 Å². The van der Waals surface area contributed by atoms with Crippen LogP contribution in [0.25, 0.3) is 0 Å². The van der Waals surface area contributed by atoms with E-state index in [9.17, 15) is 4.79 Å². The smallest absolute Gasteiger partial charge is 0.261 e. The van der Waals surface area contributed by atoms with Crippen molar-refractivity contribution in [2.24, 2.45) is 5.41 Å². The fourth-order valence-electron chi connectivity index (χ4n) is 3.04. The van der Waals surface area contributed by atoms with Crippen LogP contribution in [0.2, 0.25) is 5.02 Å². The van der Waals surface area contributed by atoms with Crippen LogP contribution in [0.5, 0.6) is 5.75 Å². The molecule has 5 nitrogen and oxygen atoms in total. The van der Waals surface area contributed by atoms with Gasteiger partial charge in [0.2, 0.25) is 0 Å². The molecule has 2 N–H and O–H groups in total. The first kappa shape index (κ1) is 22.0. The minimum Gasteiger partial charge on any atom is -0.479 e. The van der Waals surface area contributed by atoms with Crippen LogP contribution in [-0.4, -0.2) is 45.4 Å². The molecule has 1 heterocycles. The highest BCUT2D eigenvalue weighted by atomic mass is 35.5. The Morgan fingerprint density at radius 1 is 1.36 bits per heavy atom. The average Bonchev–Trinajstić information content (AvgIpc) is 2.60. The lowest BCUT2D eigenvalue weighted by Gasteiger charge is -2.37. The Labute approximate surface area is 161 Å². The monoisotopic (exact) mass is 390 g/mol. The van der Waals surface area contributed by atoms with Crippen molar-refractivity contribution in [1.82, 2.24) is 10.6 Å². The summed E-state index contributed by atoms with van der Waals surface area (Å²) in [6, 6.07) is 7.21. The second-order valence-electron chi connectivity index (χ2n) is 6.35. The molecule has 1 fully saturated rings. The first-order chi connectivity index (χ1) is 11.6. The molecule has 25 heavy (non-hydrogen) atoms. The number of piperidine rings is 1. The Hall–Kier alpha value is -1.01. The van der Waals surface area contributed by atoms with Crippen LogP contribution in [0.3, 0.4) is 0 Å². The predicted molar refractivity (Wildman–Crippen MR) is 103 cm³/mol. The Morgan fingerprint density at radius 2 is 2.04 bits per heavy atom. The molecule has 1 unspecified atom stereocenters. The van der Waals surface area contributed by atoms with E-state index in [-0.39, 0.29) is 23.7 Å². The normalized spacial score (nSPS) is 17.2. The molecule has 7 heteroatoms. The quantitative estimate of drug-likeness (QED) is 0.715. The van der Waals surface area contributed by atoms with Gasteiger partial charge in [0.05, 0.1) is 11.6 Å². The maximum absolute atomic E-state index is 12.5. The van der Waals surface area contributed by atoms with Crippen molar-refractivity contribution < 1.29 is 14.3 Å². The van der Waals surface area contributed by atoms with E-state index in [4.69, 9.17) is 21.1 Å². The van der Waals surface area contributed by atoms with Crippen LogP contribution < -0.4 is 15.4 Å². The Kier molecular flexibility index (Phi) is 9.57. The number of rotatable bonds is 8. The van der Waals surface area contributed by atoms with Gasteiger partial charge in [0, 0.05) is 19.1 Å². The van der Waals surface area contributed by atoms with E-state index in [1.165, 1.54) is 0 Å². The number of hydrogen-bond donors (Lipinski definition) is 2. The molecule has 1 atom stereocenters. The van der Waals surface area contributed by atoms with Crippen LogP contribution in [-0.2, 0) is 9.53 Å². The molecule has 2 rings (SSSR count). The summed E-state index contributed by atoms with van der Waals surface area (Å²) in [7, 11) is 1.71. The van der Waals surface area contributed by atoms with E-state index in [2.05, 4.69) is 10.6 Å². The highest BCUT2D eigenvalue weighted by molar-refractivity contribution is 6.32. The zero-order valence-corrected chi connectivity index (χ0v) is 16.4. The Bertz CT molecular complexity index is 531. The van der Waals surface area contributed by atoms with Crippen molar-refractivity contribution >= 4 is 29.9 Å². The number of benzene rings is 1. The number of amides is 1.